The molecule has 0 bridgehead atoms. The summed E-state index contributed by atoms with van der Waals surface area (Å²) in [6, 6.07) is 19.5. The number of benzene rings is 2. The molecule has 0 atom stereocenters. The van der Waals surface area contributed by atoms with Crippen LogP contribution in [0.3, 0.4) is 0 Å². The molecule has 2 aromatic rings. The first-order valence-corrected chi connectivity index (χ1v) is 12.0. The van der Waals surface area contributed by atoms with Crippen LogP contribution in [0.4, 0.5) is 16.2 Å². The van der Waals surface area contributed by atoms with Gasteiger partial charge in [0.15, 0.2) is 0 Å². The molecule has 2 saturated heterocycles. The highest BCUT2D eigenvalue weighted by molar-refractivity contribution is 5.68. The summed E-state index contributed by atoms with van der Waals surface area (Å²) in [6.07, 6.45) is -0.248. The molecule has 0 aromatic heterocycles. The highest BCUT2D eigenvalue weighted by Crippen LogP contribution is 2.19. The van der Waals surface area contributed by atoms with Crippen molar-refractivity contribution in [1.29, 1.82) is 10.5 Å². The third-order valence-electron chi connectivity index (χ3n) is 5.77. The Bertz CT molecular complexity index is 1030. The molecule has 0 aliphatic carbocycles. The van der Waals surface area contributed by atoms with Crippen molar-refractivity contribution in [3.63, 3.8) is 0 Å². The highest BCUT2D eigenvalue weighted by Gasteiger charge is 2.25. The lowest BCUT2D eigenvalue weighted by atomic mass is 10.2. The number of rotatable bonds is 2. The zero-order valence-electron chi connectivity index (χ0n) is 20.8. The van der Waals surface area contributed by atoms with Crippen LogP contribution >= 0.6 is 0 Å². The Labute approximate surface area is 208 Å². The Kier molecular flexibility index (Phi) is 8.94. The molecule has 1 amide bonds. The average Bonchev–Trinajstić information content (AvgIpc) is 2.89. The summed E-state index contributed by atoms with van der Waals surface area (Å²) in [5.74, 6) is 0. The minimum Gasteiger partial charge on any atom is -0.444 e. The van der Waals surface area contributed by atoms with Gasteiger partial charge in [0.1, 0.15) is 5.60 Å². The summed E-state index contributed by atoms with van der Waals surface area (Å²) in [4.78, 5) is 18.3. The van der Waals surface area contributed by atoms with E-state index in [1.807, 2.05) is 69.3 Å². The van der Waals surface area contributed by atoms with E-state index in [1.54, 1.807) is 4.90 Å². The number of amides is 1. The van der Waals surface area contributed by atoms with Gasteiger partial charge in [-0.25, -0.2) is 4.79 Å². The SMILES string of the molecule is CC(C)(C)OC(=O)N1CCN(c2ccc(C#N)cc2)CC1.N#Cc1ccc(N2CCNCC2)cc1. The number of piperazine rings is 2. The maximum absolute atomic E-state index is 12.0. The van der Waals surface area contributed by atoms with Gasteiger partial charge in [0.05, 0.1) is 23.3 Å². The standard InChI is InChI=1S/C16H21N3O2.C11H13N3/c1-16(2,3)21-15(20)19-10-8-18(9-11-19)14-6-4-13(12-17)5-7-14;12-9-10-1-3-11(4-2-10)14-7-5-13-6-8-14/h4-7H,8-11H2,1-3H3;1-4,13H,5-8H2. The molecule has 0 spiro atoms. The Morgan fingerprint density at radius 2 is 1.20 bits per heavy atom. The fraction of sp³-hybridized carbons (Fsp3) is 0.444. The molecular weight excluding hydrogens is 440 g/mol. The van der Waals surface area contributed by atoms with Crippen LogP contribution in [0.15, 0.2) is 48.5 Å². The number of hydrogen-bond acceptors (Lipinski definition) is 7. The van der Waals surface area contributed by atoms with E-state index in [-0.39, 0.29) is 6.09 Å². The fourth-order valence-corrected chi connectivity index (χ4v) is 3.89. The molecule has 35 heavy (non-hydrogen) atoms. The monoisotopic (exact) mass is 474 g/mol. The van der Waals surface area contributed by atoms with Crippen molar-refractivity contribution in [1.82, 2.24) is 10.2 Å². The fourth-order valence-electron chi connectivity index (χ4n) is 3.89. The predicted molar refractivity (Wildman–Crippen MR) is 137 cm³/mol. The van der Waals surface area contributed by atoms with Gasteiger partial charge in [-0.05, 0) is 69.3 Å². The first-order chi connectivity index (χ1) is 16.8. The molecule has 0 saturated carbocycles. The minimum absolute atomic E-state index is 0.248. The summed E-state index contributed by atoms with van der Waals surface area (Å²) in [5, 5.41) is 20.8. The van der Waals surface area contributed by atoms with E-state index in [2.05, 4.69) is 27.3 Å². The van der Waals surface area contributed by atoms with Crippen molar-refractivity contribution in [2.45, 2.75) is 26.4 Å². The van der Waals surface area contributed by atoms with E-state index in [0.29, 0.717) is 18.7 Å². The second kappa shape index (κ2) is 12.1. The molecule has 8 nitrogen and oxygen atoms in total. The molecule has 2 aliphatic heterocycles. The van der Waals surface area contributed by atoms with Crippen molar-refractivity contribution < 1.29 is 9.53 Å². The Balaban J connectivity index is 0.000000211. The largest absolute Gasteiger partial charge is 0.444 e. The van der Waals surface area contributed by atoms with Crippen LogP contribution in [0.1, 0.15) is 31.9 Å². The number of anilines is 2. The lowest BCUT2D eigenvalue weighted by molar-refractivity contribution is 0.0240. The molecular formula is C27H34N6O2. The summed E-state index contributed by atoms with van der Waals surface area (Å²) in [5.41, 5.74) is 3.22. The van der Waals surface area contributed by atoms with Crippen LogP contribution in [0.2, 0.25) is 0 Å². The molecule has 2 heterocycles. The number of carbonyl (C=O) groups is 1. The summed E-state index contributed by atoms with van der Waals surface area (Å²) in [7, 11) is 0. The van der Waals surface area contributed by atoms with Gasteiger partial charge < -0.3 is 24.8 Å². The quantitative estimate of drug-likeness (QED) is 0.711. The second-order valence-corrected chi connectivity index (χ2v) is 9.51. The van der Waals surface area contributed by atoms with Crippen molar-refractivity contribution in [2.75, 3.05) is 62.2 Å². The molecule has 8 heteroatoms. The zero-order valence-corrected chi connectivity index (χ0v) is 20.8. The predicted octanol–water partition coefficient (Wildman–Crippen LogP) is 3.58. The smallest absolute Gasteiger partial charge is 0.410 e. The molecule has 4 rings (SSSR count). The molecule has 2 aliphatic rings. The average molecular weight is 475 g/mol. The van der Waals surface area contributed by atoms with Crippen LogP contribution in [0, 0.1) is 22.7 Å². The first kappa shape index (κ1) is 25.9. The number of nitrogens with one attached hydrogen (secondary N) is 1. The van der Waals surface area contributed by atoms with Gasteiger partial charge in [0.2, 0.25) is 0 Å². The number of hydrogen-bond donors (Lipinski definition) is 1. The molecule has 2 fully saturated rings. The lowest BCUT2D eigenvalue weighted by Gasteiger charge is -2.36. The van der Waals surface area contributed by atoms with Gasteiger partial charge in [-0.1, -0.05) is 0 Å². The van der Waals surface area contributed by atoms with Gasteiger partial charge in [-0.2, -0.15) is 10.5 Å². The Morgan fingerprint density at radius 1 is 0.771 bits per heavy atom. The van der Waals surface area contributed by atoms with Gasteiger partial charge >= 0.3 is 6.09 Å². The van der Waals surface area contributed by atoms with E-state index in [4.69, 9.17) is 15.3 Å². The maximum atomic E-state index is 12.0. The van der Waals surface area contributed by atoms with Gasteiger partial charge in [-0.15, -0.1) is 0 Å². The van der Waals surface area contributed by atoms with Crippen molar-refractivity contribution in [2.24, 2.45) is 0 Å². The molecule has 2 aromatic carbocycles. The van der Waals surface area contributed by atoms with Gasteiger partial charge in [0, 0.05) is 63.7 Å². The van der Waals surface area contributed by atoms with Gasteiger partial charge in [0.25, 0.3) is 0 Å². The first-order valence-electron chi connectivity index (χ1n) is 12.0. The Morgan fingerprint density at radius 3 is 1.60 bits per heavy atom. The zero-order chi connectivity index (χ0) is 25.3. The normalized spacial score (nSPS) is 15.9. The van der Waals surface area contributed by atoms with E-state index in [9.17, 15) is 4.79 Å². The molecule has 0 radical (unpaired) electrons. The van der Waals surface area contributed by atoms with E-state index < -0.39 is 5.60 Å². The summed E-state index contributed by atoms with van der Waals surface area (Å²) in [6.45, 7) is 12.6. The third-order valence-corrected chi connectivity index (χ3v) is 5.77. The van der Waals surface area contributed by atoms with Crippen LogP contribution < -0.4 is 15.1 Å². The van der Waals surface area contributed by atoms with E-state index in [0.717, 1.165) is 50.5 Å². The topological polar surface area (TPSA) is 95.6 Å². The van der Waals surface area contributed by atoms with Gasteiger partial charge in [-0.3, -0.25) is 0 Å². The lowest BCUT2D eigenvalue weighted by Crippen LogP contribution is -2.50. The van der Waals surface area contributed by atoms with Crippen molar-refractivity contribution >= 4 is 17.5 Å². The van der Waals surface area contributed by atoms with Crippen LogP contribution in [0.25, 0.3) is 0 Å². The number of nitrogens with zero attached hydrogens (tertiary/aromatic N) is 5. The molecule has 1 N–H and O–H groups in total. The van der Waals surface area contributed by atoms with Crippen LogP contribution in [0.5, 0.6) is 0 Å². The number of ether oxygens (including phenoxy) is 1. The summed E-state index contributed by atoms with van der Waals surface area (Å²) >= 11 is 0. The van der Waals surface area contributed by atoms with Crippen molar-refractivity contribution in [3.8, 4) is 12.1 Å². The summed E-state index contributed by atoms with van der Waals surface area (Å²) < 4.78 is 5.38. The number of carbonyl (C=O) groups excluding carboxylic acids is 1. The second-order valence-electron chi connectivity index (χ2n) is 9.51. The third kappa shape index (κ3) is 7.91. The van der Waals surface area contributed by atoms with E-state index >= 15 is 0 Å². The van der Waals surface area contributed by atoms with Crippen molar-refractivity contribution in [3.05, 3.63) is 59.7 Å². The highest BCUT2D eigenvalue weighted by atomic mass is 16.6. The van der Waals surface area contributed by atoms with E-state index in [1.165, 1.54) is 5.69 Å². The Hall–Kier alpha value is -3.75. The minimum atomic E-state index is -0.457. The molecule has 184 valence electrons. The number of nitriles is 2. The van der Waals surface area contributed by atoms with Crippen LogP contribution in [-0.4, -0.2) is 69.0 Å². The molecule has 0 unspecified atom stereocenters. The van der Waals surface area contributed by atoms with Crippen LogP contribution in [-0.2, 0) is 4.74 Å². The maximum Gasteiger partial charge on any atom is 0.410 e.